The summed E-state index contributed by atoms with van der Waals surface area (Å²) in [6, 6.07) is 0. The molecule has 0 spiro atoms. The second-order valence-corrected chi connectivity index (χ2v) is 1.70. The van der Waals surface area contributed by atoms with Crippen LogP contribution in [0.25, 0.3) is 0 Å². The first-order valence-corrected chi connectivity index (χ1v) is 2.82. The van der Waals surface area contributed by atoms with E-state index in [1.165, 1.54) is 0 Å². The molecule has 0 rings (SSSR count). The Morgan fingerprint density at radius 1 is 1.75 bits per heavy atom. The third-order valence-electron chi connectivity index (χ3n) is 0.768. The molecule has 0 radical (unpaired) electrons. The van der Waals surface area contributed by atoms with Crippen molar-refractivity contribution in [3.63, 3.8) is 0 Å². The summed E-state index contributed by atoms with van der Waals surface area (Å²) >= 11 is 5.31. The number of halogens is 2. The van der Waals surface area contributed by atoms with Crippen LogP contribution >= 0.6 is 11.6 Å². The van der Waals surface area contributed by atoms with Crippen LogP contribution in [-0.2, 0) is 0 Å². The van der Waals surface area contributed by atoms with E-state index in [0.717, 1.165) is 0 Å². The molecule has 0 heterocycles. The molecule has 0 fully saturated rings. The minimum Gasteiger partial charge on any atom is -0.377 e. The highest BCUT2D eigenvalue weighted by Crippen LogP contribution is 2.09. The molecular weight excluding hydrogens is 129 g/mol. The SMILES string of the molecule is CC/C(F)=C(/Cl)NC. The van der Waals surface area contributed by atoms with Gasteiger partial charge in [0.15, 0.2) is 0 Å². The molecule has 48 valence electrons. The fourth-order valence-electron chi connectivity index (χ4n) is 0.291. The Bertz CT molecular complexity index is 88.6. The predicted octanol–water partition coefficient (Wildman–Crippen LogP) is 1.99. The standard InChI is InChI=1S/C5H9ClFN/c1-3-4(7)5(6)8-2/h8H,3H2,1-2H3/b5-4+. The first-order chi connectivity index (χ1) is 3.72. The zero-order valence-electron chi connectivity index (χ0n) is 4.96. The lowest BCUT2D eigenvalue weighted by Gasteiger charge is -1.95. The van der Waals surface area contributed by atoms with Crippen LogP contribution in [-0.4, -0.2) is 7.05 Å². The van der Waals surface area contributed by atoms with Crippen LogP contribution in [0.15, 0.2) is 11.0 Å². The Hall–Kier alpha value is -0.240. The van der Waals surface area contributed by atoms with Crippen LogP contribution in [0.1, 0.15) is 13.3 Å². The third-order valence-corrected chi connectivity index (χ3v) is 1.16. The molecule has 0 aliphatic carbocycles. The van der Waals surface area contributed by atoms with Crippen molar-refractivity contribution in [3.8, 4) is 0 Å². The van der Waals surface area contributed by atoms with Crippen molar-refractivity contribution >= 4 is 11.6 Å². The summed E-state index contributed by atoms with van der Waals surface area (Å²) in [5.41, 5.74) is 0. The predicted molar refractivity (Wildman–Crippen MR) is 33.3 cm³/mol. The van der Waals surface area contributed by atoms with Gasteiger partial charge in [0.25, 0.3) is 0 Å². The summed E-state index contributed by atoms with van der Waals surface area (Å²) in [7, 11) is 1.58. The van der Waals surface area contributed by atoms with Crippen LogP contribution in [0.4, 0.5) is 4.39 Å². The van der Waals surface area contributed by atoms with Gasteiger partial charge in [0, 0.05) is 7.05 Å². The normalized spacial score (nSPS) is 13.0. The molecule has 1 nitrogen and oxygen atoms in total. The van der Waals surface area contributed by atoms with Crippen molar-refractivity contribution in [1.29, 1.82) is 0 Å². The Balaban J connectivity index is 3.83. The van der Waals surface area contributed by atoms with E-state index in [9.17, 15) is 4.39 Å². The summed E-state index contributed by atoms with van der Waals surface area (Å²) in [4.78, 5) is 0. The molecule has 0 bridgehead atoms. The fourth-order valence-corrected chi connectivity index (χ4v) is 0.424. The molecule has 0 aliphatic heterocycles. The van der Waals surface area contributed by atoms with Crippen molar-refractivity contribution < 1.29 is 4.39 Å². The van der Waals surface area contributed by atoms with Gasteiger partial charge in [-0.25, -0.2) is 4.39 Å². The first-order valence-electron chi connectivity index (χ1n) is 2.44. The van der Waals surface area contributed by atoms with Crippen molar-refractivity contribution in [2.24, 2.45) is 0 Å². The van der Waals surface area contributed by atoms with E-state index in [1.54, 1.807) is 14.0 Å². The minimum atomic E-state index is -0.297. The Labute approximate surface area is 53.5 Å². The highest BCUT2D eigenvalue weighted by atomic mass is 35.5. The first kappa shape index (κ1) is 7.76. The Morgan fingerprint density at radius 2 is 2.25 bits per heavy atom. The van der Waals surface area contributed by atoms with Gasteiger partial charge < -0.3 is 5.32 Å². The van der Waals surface area contributed by atoms with Gasteiger partial charge in [-0.15, -0.1) is 0 Å². The topological polar surface area (TPSA) is 12.0 Å². The largest absolute Gasteiger partial charge is 0.377 e. The quantitative estimate of drug-likeness (QED) is 0.574. The van der Waals surface area contributed by atoms with Gasteiger partial charge in [-0.05, 0) is 6.42 Å². The highest BCUT2D eigenvalue weighted by Gasteiger charge is 1.95. The van der Waals surface area contributed by atoms with Crippen LogP contribution in [0.5, 0.6) is 0 Å². The fraction of sp³-hybridized carbons (Fsp3) is 0.600. The lowest BCUT2D eigenvalue weighted by Crippen LogP contribution is -2.00. The maximum Gasteiger partial charge on any atom is 0.134 e. The zero-order valence-corrected chi connectivity index (χ0v) is 5.72. The Morgan fingerprint density at radius 3 is 2.38 bits per heavy atom. The average molecular weight is 138 g/mol. The van der Waals surface area contributed by atoms with Gasteiger partial charge >= 0.3 is 0 Å². The molecule has 3 heteroatoms. The zero-order chi connectivity index (χ0) is 6.57. The van der Waals surface area contributed by atoms with E-state index in [2.05, 4.69) is 5.32 Å². The van der Waals surface area contributed by atoms with E-state index in [1.807, 2.05) is 0 Å². The monoisotopic (exact) mass is 137 g/mol. The van der Waals surface area contributed by atoms with Gasteiger partial charge in [0.1, 0.15) is 11.0 Å². The molecule has 1 N–H and O–H groups in total. The van der Waals surface area contributed by atoms with Crippen molar-refractivity contribution in [2.75, 3.05) is 7.05 Å². The van der Waals surface area contributed by atoms with E-state index >= 15 is 0 Å². The molecule has 0 atom stereocenters. The second-order valence-electron chi connectivity index (χ2n) is 1.32. The summed E-state index contributed by atoms with van der Waals surface area (Å²) in [6.45, 7) is 1.70. The molecule has 0 amide bonds. The molecule has 0 saturated carbocycles. The molecule has 0 aromatic carbocycles. The molecule has 0 unspecified atom stereocenters. The summed E-state index contributed by atoms with van der Waals surface area (Å²) < 4.78 is 12.2. The lowest BCUT2D eigenvalue weighted by molar-refractivity contribution is 0.591. The highest BCUT2D eigenvalue weighted by molar-refractivity contribution is 6.29. The number of nitrogens with one attached hydrogen (secondary N) is 1. The van der Waals surface area contributed by atoms with Gasteiger partial charge in [0.05, 0.1) is 0 Å². The second kappa shape index (κ2) is 3.72. The lowest BCUT2D eigenvalue weighted by atomic mass is 10.4. The van der Waals surface area contributed by atoms with Crippen molar-refractivity contribution in [3.05, 3.63) is 11.0 Å². The number of hydrogen-bond acceptors (Lipinski definition) is 1. The molecule has 8 heavy (non-hydrogen) atoms. The number of allylic oxidation sites excluding steroid dienone is 1. The van der Waals surface area contributed by atoms with Crippen molar-refractivity contribution in [1.82, 2.24) is 5.32 Å². The van der Waals surface area contributed by atoms with Gasteiger partial charge in [0.2, 0.25) is 0 Å². The average Bonchev–Trinajstić information content (AvgIpc) is 1.84. The third kappa shape index (κ3) is 2.17. The van der Waals surface area contributed by atoms with Crippen LogP contribution in [0.3, 0.4) is 0 Å². The molecule has 0 aromatic rings. The minimum absolute atomic E-state index is 0.104. The molecule has 0 aromatic heterocycles. The van der Waals surface area contributed by atoms with Gasteiger partial charge in [-0.1, -0.05) is 18.5 Å². The molecule has 0 aliphatic rings. The van der Waals surface area contributed by atoms with Crippen LogP contribution < -0.4 is 5.32 Å². The number of hydrogen-bond donors (Lipinski definition) is 1. The maximum absolute atomic E-state index is 12.2. The van der Waals surface area contributed by atoms with E-state index in [4.69, 9.17) is 11.6 Å². The van der Waals surface area contributed by atoms with Crippen molar-refractivity contribution in [2.45, 2.75) is 13.3 Å². The van der Waals surface area contributed by atoms with Crippen LogP contribution in [0, 0.1) is 0 Å². The number of rotatable bonds is 2. The summed E-state index contributed by atoms with van der Waals surface area (Å²) in [6.07, 6.45) is 0.347. The van der Waals surface area contributed by atoms with E-state index < -0.39 is 0 Å². The maximum atomic E-state index is 12.2. The smallest absolute Gasteiger partial charge is 0.134 e. The van der Waals surface area contributed by atoms with Gasteiger partial charge in [-0.2, -0.15) is 0 Å². The Kier molecular flexibility index (Phi) is 3.61. The summed E-state index contributed by atoms with van der Waals surface area (Å²) in [5, 5.41) is 2.59. The summed E-state index contributed by atoms with van der Waals surface area (Å²) in [5.74, 6) is -0.297. The molecule has 0 saturated heterocycles. The van der Waals surface area contributed by atoms with Crippen LogP contribution in [0.2, 0.25) is 0 Å². The van der Waals surface area contributed by atoms with Gasteiger partial charge in [-0.3, -0.25) is 0 Å². The molecular formula is C5H9ClFN. The van der Waals surface area contributed by atoms with E-state index in [0.29, 0.717) is 6.42 Å². The van der Waals surface area contributed by atoms with E-state index in [-0.39, 0.29) is 11.0 Å².